The van der Waals surface area contributed by atoms with E-state index in [1.165, 1.54) is 11.8 Å². The topological polar surface area (TPSA) is 75.6 Å². The van der Waals surface area contributed by atoms with Gasteiger partial charge in [0.05, 0.1) is 24.5 Å². The molecule has 110 valence electrons. The maximum Gasteiger partial charge on any atom is 0.304 e. The van der Waals surface area contributed by atoms with Crippen LogP contribution in [0.5, 0.6) is 5.75 Å². The van der Waals surface area contributed by atoms with Gasteiger partial charge in [-0.15, -0.1) is 11.8 Å². The average Bonchev–Trinajstić information content (AvgIpc) is 2.38. The first-order chi connectivity index (χ1) is 9.52. The number of aliphatic carboxylic acids is 1. The molecular formula is C14H19NO4S. The molecule has 0 aromatic heterocycles. The molecule has 0 fully saturated rings. The van der Waals surface area contributed by atoms with E-state index in [-0.39, 0.29) is 23.3 Å². The number of nitrogens with one attached hydrogen (secondary N) is 1. The van der Waals surface area contributed by atoms with Crippen molar-refractivity contribution in [2.45, 2.75) is 25.5 Å². The number of carboxylic acids is 1. The summed E-state index contributed by atoms with van der Waals surface area (Å²) in [5, 5.41) is 11.3. The van der Waals surface area contributed by atoms with Crippen molar-refractivity contribution >= 4 is 29.3 Å². The standard InChI is InChI=1S/C14H19NO4S/c1-3-19-12-7-5-4-6-11(12)15-13(16)9-20-10(2)8-14(17)18/h4-7,10H,3,8-9H2,1-2H3,(H,15,16)(H,17,18). The zero-order valence-electron chi connectivity index (χ0n) is 11.6. The number of para-hydroxylation sites is 2. The van der Waals surface area contributed by atoms with Crippen molar-refractivity contribution in [1.29, 1.82) is 0 Å². The lowest BCUT2D eigenvalue weighted by Gasteiger charge is -2.12. The third-order valence-corrected chi connectivity index (χ3v) is 3.59. The Balaban J connectivity index is 2.48. The fraction of sp³-hybridized carbons (Fsp3) is 0.429. The second-order valence-corrected chi connectivity index (χ2v) is 5.62. The zero-order valence-corrected chi connectivity index (χ0v) is 12.4. The molecule has 0 spiro atoms. The maximum absolute atomic E-state index is 11.8. The minimum atomic E-state index is -0.855. The molecule has 0 bridgehead atoms. The van der Waals surface area contributed by atoms with Gasteiger partial charge in [-0.1, -0.05) is 19.1 Å². The van der Waals surface area contributed by atoms with Gasteiger partial charge in [0.1, 0.15) is 5.75 Å². The van der Waals surface area contributed by atoms with Gasteiger partial charge in [-0.25, -0.2) is 0 Å². The summed E-state index contributed by atoms with van der Waals surface area (Å²) in [6.45, 7) is 4.19. The summed E-state index contributed by atoms with van der Waals surface area (Å²) in [6, 6.07) is 7.22. The highest BCUT2D eigenvalue weighted by molar-refractivity contribution is 8.00. The molecule has 1 rings (SSSR count). The number of hydrogen-bond donors (Lipinski definition) is 2. The van der Waals surface area contributed by atoms with Gasteiger partial charge in [-0.2, -0.15) is 0 Å². The highest BCUT2D eigenvalue weighted by Crippen LogP contribution is 2.24. The van der Waals surface area contributed by atoms with Crippen molar-refractivity contribution in [3.63, 3.8) is 0 Å². The van der Waals surface area contributed by atoms with Crippen LogP contribution in [0.25, 0.3) is 0 Å². The number of rotatable bonds is 8. The number of ether oxygens (including phenoxy) is 1. The van der Waals surface area contributed by atoms with E-state index in [1.807, 2.05) is 19.1 Å². The molecule has 6 heteroatoms. The molecule has 0 aliphatic carbocycles. The predicted molar refractivity (Wildman–Crippen MR) is 80.4 cm³/mol. The summed E-state index contributed by atoms with van der Waals surface area (Å²) in [4.78, 5) is 22.4. The molecule has 1 aromatic rings. The summed E-state index contributed by atoms with van der Waals surface area (Å²) >= 11 is 1.32. The fourth-order valence-electron chi connectivity index (χ4n) is 1.56. The second-order valence-electron chi connectivity index (χ2n) is 4.20. The molecule has 5 nitrogen and oxygen atoms in total. The third kappa shape index (κ3) is 5.97. The lowest BCUT2D eigenvalue weighted by Crippen LogP contribution is -2.17. The van der Waals surface area contributed by atoms with Crippen molar-refractivity contribution in [3.05, 3.63) is 24.3 Å². The normalized spacial score (nSPS) is 11.7. The lowest BCUT2D eigenvalue weighted by atomic mass is 10.3. The minimum absolute atomic E-state index is 0.0491. The van der Waals surface area contributed by atoms with E-state index in [0.29, 0.717) is 18.0 Å². The summed E-state index contributed by atoms with van der Waals surface area (Å²) in [5.74, 6) is -0.173. The van der Waals surface area contributed by atoms with Gasteiger partial charge in [-0.05, 0) is 19.1 Å². The van der Waals surface area contributed by atoms with Crippen LogP contribution in [0.4, 0.5) is 5.69 Å². The van der Waals surface area contributed by atoms with Crippen LogP contribution in [0, 0.1) is 0 Å². The van der Waals surface area contributed by atoms with Crippen LogP contribution in [0.3, 0.4) is 0 Å². The number of carboxylic acid groups (broad SMARTS) is 1. The van der Waals surface area contributed by atoms with Crippen molar-refractivity contribution in [1.82, 2.24) is 0 Å². The summed E-state index contributed by atoms with van der Waals surface area (Å²) < 4.78 is 5.42. The lowest BCUT2D eigenvalue weighted by molar-refractivity contribution is -0.136. The molecule has 0 aliphatic rings. The molecule has 1 aromatic carbocycles. The number of carbonyl (C=O) groups is 2. The fourth-order valence-corrected chi connectivity index (χ4v) is 2.33. The van der Waals surface area contributed by atoms with E-state index in [0.717, 1.165) is 0 Å². The molecule has 0 saturated heterocycles. The van der Waals surface area contributed by atoms with Crippen molar-refractivity contribution in [3.8, 4) is 5.75 Å². The number of anilines is 1. The Labute approximate surface area is 122 Å². The van der Waals surface area contributed by atoms with Crippen LogP contribution >= 0.6 is 11.8 Å². The highest BCUT2D eigenvalue weighted by Gasteiger charge is 2.12. The number of carbonyl (C=O) groups excluding carboxylic acids is 1. The Morgan fingerprint density at radius 2 is 2.10 bits per heavy atom. The Morgan fingerprint density at radius 1 is 1.40 bits per heavy atom. The number of amides is 1. The maximum atomic E-state index is 11.8. The molecule has 2 N–H and O–H groups in total. The van der Waals surface area contributed by atoms with Gasteiger partial charge >= 0.3 is 5.97 Å². The van der Waals surface area contributed by atoms with E-state index < -0.39 is 5.97 Å². The predicted octanol–water partition coefficient (Wildman–Crippen LogP) is 2.62. The summed E-state index contributed by atoms with van der Waals surface area (Å²) in [5.41, 5.74) is 0.630. The summed E-state index contributed by atoms with van der Waals surface area (Å²) in [6.07, 6.45) is 0.0491. The molecule has 1 atom stereocenters. The number of hydrogen-bond acceptors (Lipinski definition) is 4. The van der Waals surface area contributed by atoms with Gasteiger partial charge in [0.15, 0.2) is 0 Å². The molecule has 1 unspecified atom stereocenters. The van der Waals surface area contributed by atoms with Gasteiger partial charge in [-0.3, -0.25) is 9.59 Å². The Kier molecular flexibility index (Phi) is 6.93. The monoisotopic (exact) mass is 297 g/mol. The van der Waals surface area contributed by atoms with Crippen molar-refractivity contribution in [2.24, 2.45) is 0 Å². The Morgan fingerprint density at radius 3 is 2.75 bits per heavy atom. The van der Waals surface area contributed by atoms with Gasteiger partial charge in [0.25, 0.3) is 0 Å². The molecule has 0 saturated carbocycles. The molecule has 0 aliphatic heterocycles. The van der Waals surface area contributed by atoms with E-state index in [4.69, 9.17) is 9.84 Å². The first-order valence-electron chi connectivity index (χ1n) is 6.38. The Hall–Kier alpha value is -1.69. The first kappa shape index (κ1) is 16.4. The van der Waals surface area contributed by atoms with Gasteiger partial charge in [0.2, 0.25) is 5.91 Å². The van der Waals surface area contributed by atoms with E-state index in [1.54, 1.807) is 19.1 Å². The minimum Gasteiger partial charge on any atom is -0.492 e. The molecular weight excluding hydrogens is 278 g/mol. The smallest absolute Gasteiger partial charge is 0.304 e. The van der Waals surface area contributed by atoms with Crippen molar-refractivity contribution < 1.29 is 19.4 Å². The molecule has 0 heterocycles. The highest BCUT2D eigenvalue weighted by atomic mass is 32.2. The third-order valence-electron chi connectivity index (χ3n) is 2.42. The molecule has 1 amide bonds. The van der Waals surface area contributed by atoms with Gasteiger partial charge < -0.3 is 15.2 Å². The number of benzene rings is 1. The number of thioether (sulfide) groups is 1. The SMILES string of the molecule is CCOc1ccccc1NC(=O)CSC(C)CC(=O)O. The van der Waals surface area contributed by atoms with E-state index in [2.05, 4.69) is 5.32 Å². The average molecular weight is 297 g/mol. The first-order valence-corrected chi connectivity index (χ1v) is 7.42. The second kappa shape index (κ2) is 8.47. The van der Waals surface area contributed by atoms with E-state index >= 15 is 0 Å². The van der Waals surface area contributed by atoms with Crippen LogP contribution in [0.15, 0.2) is 24.3 Å². The van der Waals surface area contributed by atoms with Gasteiger partial charge in [0, 0.05) is 5.25 Å². The van der Waals surface area contributed by atoms with Crippen LogP contribution in [0.2, 0.25) is 0 Å². The Bertz CT molecular complexity index is 464. The summed E-state index contributed by atoms with van der Waals surface area (Å²) in [7, 11) is 0. The largest absolute Gasteiger partial charge is 0.492 e. The molecule has 0 radical (unpaired) electrons. The van der Waals surface area contributed by atoms with Crippen LogP contribution in [-0.4, -0.2) is 34.6 Å². The van der Waals surface area contributed by atoms with Crippen LogP contribution < -0.4 is 10.1 Å². The van der Waals surface area contributed by atoms with Crippen LogP contribution in [-0.2, 0) is 9.59 Å². The zero-order chi connectivity index (χ0) is 15.0. The van der Waals surface area contributed by atoms with Crippen LogP contribution in [0.1, 0.15) is 20.3 Å². The van der Waals surface area contributed by atoms with Crippen molar-refractivity contribution in [2.75, 3.05) is 17.7 Å². The quantitative estimate of drug-likeness (QED) is 0.771. The van der Waals surface area contributed by atoms with E-state index in [9.17, 15) is 9.59 Å². The molecule has 20 heavy (non-hydrogen) atoms.